The fourth-order valence-electron chi connectivity index (χ4n) is 4.56. The lowest BCUT2D eigenvalue weighted by Crippen LogP contribution is -2.28. The van der Waals surface area contributed by atoms with Gasteiger partial charge in [0.15, 0.2) is 0 Å². The zero-order chi connectivity index (χ0) is 14.4. The molecule has 20 heavy (non-hydrogen) atoms. The second-order valence-corrected chi connectivity index (χ2v) is 7.51. The third kappa shape index (κ3) is 4.60. The van der Waals surface area contributed by atoms with Crippen molar-refractivity contribution in [3.8, 4) is 0 Å². The molecule has 0 bridgehead atoms. The van der Waals surface area contributed by atoms with Gasteiger partial charge in [-0.25, -0.2) is 0 Å². The number of carbonyl (C=O) groups excluding carboxylic acids is 1. The second kappa shape index (κ2) is 8.20. The van der Waals surface area contributed by atoms with Gasteiger partial charge in [0, 0.05) is 12.8 Å². The van der Waals surface area contributed by atoms with Gasteiger partial charge in [0.2, 0.25) is 0 Å². The highest BCUT2D eigenvalue weighted by molar-refractivity contribution is 5.79. The first-order valence-electron chi connectivity index (χ1n) is 9.22. The molecule has 0 aromatic heterocycles. The first kappa shape index (κ1) is 16.0. The van der Waals surface area contributed by atoms with Crippen LogP contribution in [0.1, 0.15) is 90.9 Å². The summed E-state index contributed by atoms with van der Waals surface area (Å²) in [4.78, 5) is 11.4. The first-order chi connectivity index (χ1) is 9.70. The fraction of sp³-hybridized carbons (Fsp3) is 0.947. The van der Waals surface area contributed by atoms with Crippen LogP contribution in [0.25, 0.3) is 0 Å². The number of unbranched alkanes of at least 4 members (excludes halogenated alkanes) is 2. The predicted octanol–water partition coefficient (Wildman–Crippen LogP) is 5.77. The molecule has 0 radical (unpaired) electrons. The highest BCUT2D eigenvalue weighted by Gasteiger charge is 2.31. The maximum Gasteiger partial charge on any atom is 0.132 e. The molecule has 2 aliphatic carbocycles. The summed E-state index contributed by atoms with van der Waals surface area (Å²) in [6.45, 7) is 4.77. The summed E-state index contributed by atoms with van der Waals surface area (Å²) < 4.78 is 0. The molecule has 1 unspecified atom stereocenters. The summed E-state index contributed by atoms with van der Waals surface area (Å²) in [6, 6.07) is 0. The molecule has 1 atom stereocenters. The molecule has 1 nitrogen and oxygen atoms in total. The van der Waals surface area contributed by atoms with Gasteiger partial charge in [-0.05, 0) is 49.4 Å². The summed E-state index contributed by atoms with van der Waals surface area (Å²) in [5.41, 5.74) is 0. The van der Waals surface area contributed by atoms with Crippen molar-refractivity contribution in [2.45, 2.75) is 90.9 Å². The maximum absolute atomic E-state index is 11.4. The van der Waals surface area contributed by atoms with E-state index in [0.717, 1.165) is 36.5 Å². The molecule has 0 saturated heterocycles. The number of ketones is 1. The highest BCUT2D eigenvalue weighted by atomic mass is 16.1. The molecular formula is C19H34O. The smallest absolute Gasteiger partial charge is 0.132 e. The van der Waals surface area contributed by atoms with Gasteiger partial charge in [0.1, 0.15) is 5.78 Å². The molecule has 2 fully saturated rings. The lowest BCUT2D eigenvalue weighted by Gasteiger charge is -2.37. The Morgan fingerprint density at radius 2 is 1.55 bits per heavy atom. The van der Waals surface area contributed by atoms with E-state index in [4.69, 9.17) is 0 Å². The Morgan fingerprint density at radius 3 is 2.15 bits per heavy atom. The van der Waals surface area contributed by atoms with Crippen LogP contribution in [0, 0.1) is 23.7 Å². The van der Waals surface area contributed by atoms with Crippen LogP contribution in [-0.2, 0) is 4.79 Å². The third-order valence-electron chi connectivity index (χ3n) is 6.18. The molecule has 2 saturated carbocycles. The first-order valence-corrected chi connectivity index (χ1v) is 9.22. The zero-order valence-corrected chi connectivity index (χ0v) is 13.7. The van der Waals surface area contributed by atoms with E-state index >= 15 is 0 Å². The summed E-state index contributed by atoms with van der Waals surface area (Å²) in [5.74, 6) is 4.19. The third-order valence-corrected chi connectivity index (χ3v) is 6.18. The highest BCUT2D eigenvalue weighted by Crippen LogP contribution is 2.41. The van der Waals surface area contributed by atoms with E-state index in [2.05, 4.69) is 13.8 Å². The average Bonchev–Trinajstić information content (AvgIpc) is 2.48. The molecule has 0 aliphatic heterocycles. The van der Waals surface area contributed by atoms with E-state index in [9.17, 15) is 4.79 Å². The molecule has 2 aliphatic rings. The molecule has 116 valence electrons. The molecule has 0 aromatic carbocycles. The standard InChI is InChI=1S/C19H34O/c1-3-4-5-6-16-7-9-17(10-8-16)15(2)18-11-13-19(20)14-12-18/h15-18H,3-14H2,1-2H3. The molecule has 0 aromatic rings. The molecule has 0 N–H and O–H groups in total. The Kier molecular flexibility index (Phi) is 6.58. The molecule has 0 spiro atoms. The SMILES string of the molecule is CCCCCC1CCC(C(C)C2CCC(=O)CC2)CC1. The minimum atomic E-state index is 0.507. The van der Waals surface area contributed by atoms with Crippen LogP contribution in [0.15, 0.2) is 0 Å². The zero-order valence-electron chi connectivity index (χ0n) is 13.7. The van der Waals surface area contributed by atoms with Gasteiger partial charge in [-0.2, -0.15) is 0 Å². The lowest BCUT2D eigenvalue weighted by molar-refractivity contribution is -0.121. The Morgan fingerprint density at radius 1 is 0.950 bits per heavy atom. The van der Waals surface area contributed by atoms with Crippen LogP contribution in [0.4, 0.5) is 0 Å². The molecule has 0 heterocycles. The fourth-order valence-corrected chi connectivity index (χ4v) is 4.56. The van der Waals surface area contributed by atoms with Crippen molar-refractivity contribution in [2.75, 3.05) is 0 Å². The van der Waals surface area contributed by atoms with Gasteiger partial charge in [-0.1, -0.05) is 52.4 Å². The second-order valence-electron chi connectivity index (χ2n) is 7.51. The van der Waals surface area contributed by atoms with Gasteiger partial charge in [-0.15, -0.1) is 0 Å². The van der Waals surface area contributed by atoms with Gasteiger partial charge in [-0.3, -0.25) is 4.79 Å². The quantitative estimate of drug-likeness (QED) is 0.564. The number of hydrogen-bond acceptors (Lipinski definition) is 1. The van der Waals surface area contributed by atoms with E-state index in [0.29, 0.717) is 5.78 Å². The van der Waals surface area contributed by atoms with Crippen LogP contribution in [0.2, 0.25) is 0 Å². The van der Waals surface area contributed by atoms with Crippen LogP contribution < -0.4 is 0 Å². The van der Waals surface area contributed by atoms with E-state index in [1.165, 1.54) is 64.2 Å². The van der Waals surface area contributed by atoms with Crippen LogP contribution in [0.5, 0.6) is 0 Å². The number of hydrogen-bond donors (Lipinski definition) is 0. The number of carbonyl (C=O) groups is 1. The summed E-state index contributed by atoms with van der Waals surface area (Å²) >= 11 is 0. The molecule has 0 amide bonds. The molecular weight excluding hydrogens is 244 g/mol. The minimum absolute atomic E-state index is 0.507. The van der Waals surface area contributed by atoms with Crippen molar-refractivity contribution in [2.24, 2.45) is 23.7 Å². The minimum Gasteiger partial charge on any atom is -0.300 e. The predicted molar refractivity (Wildman–Crippen MR) is 85.7 cm³/mol. The van der Waals surface area contributed by atoms with Crippen molar-refractivity contribution in [3.05, 3.63) is 0 Å². The van der Waals surface area contributed by atoms with Crippen molar-refractivity contribution < 1.29 is 4.79 Å². The Hall–Kier alpha value is -0.330. The van der Waals surface area contributed by atoms with Gasteiger partial charge >= 0.3 is 0 Å². The van der Waals surface area contributed by atoms with Gasteiger partial charge in [0.25, 0.3) is 0 Å². The summed E-state index contributed by atoms with van der Waals surface area (Å²) in [7, 11) is 0. The Balaban J connectivity index is 1.68. The van der Waals surface area contributed by atoms with Crippen LogP contribution >= 0.6 is 0 Å². The van der Waals surface area contributed by atoms with Crippen molar-refractivity contribution >= 4 is 5.78 Å². The van der Waals surface area contributed by atoms with Crippen molar-refractivity contribution in [1.82, 2.24) is 0 Å². The number of Topliss-reactive ketones (excluding diaryl/α,β-unsaturated/α-hetero) is 1. The van der Waals surface area contributed by atoms with Crippen molar-refractivity contribution in [1.29, 1.82) is 0 Å². The van der Waals surface area contributed by atoms with Gasteiger partial charge in [0.05, 0.1) is 0 Å². The average molecular weight is 278 g/mol. The number of rotatable bonds is 6. The largest absolute Gasteiger partial charge is 0.300 e. The van der Waals surface area contributed by atoms with E-state index in [1.807, 2.05) is 0 Å². The Labute approximate surface area is 125 Å². The maximum atomic E-state index is 11.4. The lowest BCUT2D eigenvalue weighted by atomic mass is 9.68. The topological polar surface area (TPSA) is 17.1 Å². The van der Waals surface area contributed by atoms with Crippen molar-refractivity contribution in [3.63, 3.8) is 0 Å². The van der Waals surface area contributed by atoms with Crippen LogP contribution in [0.3, 0.4) is 0 Å². The van der Waals surface area contributed by atoms with E-state index in [-0.39, 0.29) is 0 Å². The molecule has 2 rings (SSSR count). The van der Waals surface area contributed by atoms with E-state index in [1.54, 1.807) is 0 Å². The van der Waals surface area contributed by atoms with E-state index < -0.39 is 0 Å². The monoisotopic (exact) mass is 278 g/mol. The summed E-state index contributed by atoms with van der Waals surface area (Å²) in [6.07, 6.45) is 15.7. The molecule has 1 heteroatoms. The Bertz CT molecular complexity index is 278. The summed E-state index contributed by atoms with van der Waals surface area (Å²) in [5, 5.41) is 0. The van der Waals surface area contributed by atoms with Crippen LogP contribution in [-0.4, -0.2) is 5.78 Å². The van der Waals surface area contributed by atoms with Gasteiger partial charge < -0.3 is 0 Å². The normalized spacial score (nSPS) is 30.4.